The molecule has 2 fully saturated rings. The normalized spacial score (nSPS) is 24.4. The molecule has 0 aromatic heterocycles. The minimum Gasteiger partial charge on any atom is -0.497 e. The summed E-state index contributed by atoms with van der Waals surface area (Å²) in [5, 5.41) is 6.54. The Kier molecular flexibility index (Phi) is 3.89. The SMILES string of the molecule is COc1ccc([C@@H](C)NC(=O)C2CC23CCNCC3)cc1. The van der Waals surface area contributed by atoms with Crippen molar-refractivity contribution < 1.29 is 9.53 Å². The number of nitrogens with one attached hydrogen (secondary N) is 2. The Morgan fingerprint density at radius 3 is 2.62 bits per heavy atom. The van der Waals surface area contributed by atoms with E-state index in [1.54, 1.807) is 7.11 Å². The van der Waals surface area contributed by atoms with Crippen molar-refractivity contribution in [2.75, 3.05) is 20.2 Å². The van der Waals surface area contributed by atoms with E-state index in [0.717, 1.165) is 43.7 Å². The number of amides is 1. The van der Waals surface area contributed by atoms with Crippen molar-refractivity contribution in [3.63, 3.8) is 0 Å². The minimum absolute atomic E-state index is 0.0442. The van der Waals surface area contributed by atoms with Crippen molar-refractivity contribution in [3.05, 3.63) is 29.8 Å². The van der Waals surface area contributed by atoms with Crippen LogP contribution in [0.5, 0.6) is 5.75 Å². The summed E-state index contributed by atoms with van der Waals surface area (Å²) in [5.41, 5.74) is 1.42. The molecule has 21 heavy (non-hydrogen) atoms. The largest absolute Gasteiger partial charge is 0.497 e. The molecule has 0 bridgehead atoms. The summed E-state index contributed by atoms with van der Waals surface area (Å²) in [6, 6.07) is 7.93. The number of ether oxygens (including phenoxy) is 1. The predicted octanol–water partition coefficient (Wildman–Crippen LogP) is 2.26. The molecule has 1 saturated carbocycles. The van der Waals surface area contributed by atoms with Crippen molar-refractivity contribution in [1.82, 2.24) is 10.6 Å². The van der Waals surface area contributed by atoms with Crippen molar-refractivity contribution in [2.24, 2.45) is 11.3 Å². The van der Waals surface area contributed by atoms with E-state index in [2.05, 4.69) is 10.6 Å². The van der Waals surface area contributed by atoms with Gasteiger partial charge < -0.3 is 15.4 Å². The van der Waals surface area contributed by atoms with Gasteiger partial charge in [-0.25, -0.2) is 0 Å². The van der Waals surface area contributed by atoms with Crippen LogP contribution in [0.2, 0.25) is 0 Å². The van der Waals surface area contributed by atoms with Crippen LogP contribution in [0, 0.1) is 11.3 Å². The molecule has 4 nitrogen and oxygen atoms in total. The van der Waals surface area contributed by atoms with Gasteiger partial charge in [-0.15, -0.1) is 0 Å². The van der Waals surface area contributed by atoms with Crippen molar-refractivity contribution in [1.29, 1.82) is 0 Å². The standard InChI is InChI=1S/C17H24N2O2/c1-12(13-3-5-14(21-2)6-4-13)19-16(20)15-11-17(15)7-9-18-10-8-17/h3-6,12,15,18H,7-11H2,1-2H3,(H,19,20)/t12-,15?/m1/s1. The first kappa shape index (κ1) is 14.4. The van der Waals surface area contributed by atoms with E-state index in [4.69, 9.17) is 4.74 Å². The van der Waals surface area contributed by atoms with Crippen molar-refractivity contribution >= 4 is 5.91 Å². The lowest BCUT2D eigenvalue weighted by atomic mass is 9.91. The van der Waals surface area contributed by atoms with E-state index in [-0.39, 0.29) is 17.9 Å². The topological polar surface area (TPSA) is 50.4 Å². The van der Waals surface area contributed by atoms with Gasteiger partial charge in [0.15, 0.2) is 0 Å². The fourth-order valence-corrected chi connectivity index (χ4v) is 3.49. The quantitative estimate of drug-likeness (QED) is 0.893. The fraction of sp³-hybridized carbons (Fsp3) is 0.588. The second-order valence-electron chi connectivity index (χ2n) is 6.37. The highest BCUT2D eigenvalue weighted by Gasteiger charge is 2.57. The third kappa shape index (κ3) is 2.91. The van der Waals surface area contributed by atoms with Crippen LogP contribution in [0.4, 0.5) is 0 Å². The van der Waals surface area contributed by atoms with E-state index >= 15 is 0 Å². The molecule has 1 spiro atoms. The Bertz CT molecular complexity index is 506. The maximum atomic E-state index is 12.4. The Labute approximate surface area is 126 Å². The minimum atomic E-state index is 0.0442. The van der Waals surface area contributed by atoms with Gasteiger partial charge in [-0.3, -0.25) is 4.79 Å². The Hall–Kier alpha value is -1.55. The van der Waals surface area contributed by atoms with Gasteiger partial charge in [0.25, 0.3) is 0 Å². The van der Waals surface area contributed by atoms with Gasteiger partial charge in [0.1, 0.15) is 5.75 Å². The van der Waals surface area contributed by atoms with Gasteiger partial charge in [0.05, 0.1) is 13.2 Å². The number of methoxy groups -OCH3 is 1. The summed E-state index contributed by atoms with van der Waals surface area (Å²) in [7, 11) is 1.66. The first-order valence-corrected chi connectivity index (χ1v) is 7.80. The lowest BCUT2D eigenvalue weighted by molar-refractivity contribution is -0.123. The number of hydrogen-bond donors (Lipinski definition) is 2. The average Bonchev–Trinajstić information content (AvgIpc) is 3.21. The molecule has 0 radical (unpaired) electrons. The molecule has 1 aliphatic heterocycles. The molecule has 2 atom stereocenters. The molecule has 1 amide bonds. The number of carbonyl (C=O) groups excluding carboxylic acids is 1. The zero-order chi connectivity index (χ0) is 14.9. The second kappa shape index (κ2) is 5.68. The number of hydrogen-bond acceptors (Lipinski definition) is 3. The first-order valence-electron chi connectivity index (χ1n) is 7.80. The van der Waals surface area contributed by atoms with Gasteiger partial charge in [-0.05, 0) is 62.4 Å². The molecule has 1 unspecified atom stereocenters. The molecule has 1 aliphatic carbocycles. The number of carbonyl (C=O) groups is 1. The summed E-state index contributed by atoms with van der Waals surface area (Å²) in [6.07, 6.45) is 3.35. The lowest BCUT2D eigenvalue weighted by Crippen LogP contribution is -2.34. The monoisotopic (exact) mass is 288 g/mol. The molecule has 1 aromatic carbocycles. The highest BCUT2D eigenvalue weighted by molar-refractivity contribution is 5.83. The van der Waals surface area contributed by atoms with E-state index < -0.39 is 0 Å². The van der Waals surface area contributed by atoms with Crippen LogP contribution in [0.25, 0.3) is 0 Å². The Morgan fingerprint density at radius 2 is 2.00 bits per heavy atom. The smallest absolute Gasteiger partial charge is 0.224 e. The first-order chi connectivity index (χ1) is 10.1. The third-order valence-electron chi connectivity index (χ3n) is 5.08. The van der Waals surface area contributed by atoms with E-state index in [1.807, 2.05) is 31.2 Å². The molecule has 1 aromatic rings. The second-order valence-corrected chi connectivity index (χ2v) is 6.37. The average molecular weight is 288 g/mol. The molecule has 2 N–H and O–H groups in total. The number of piperidine rings is 1. The third-order valence-corrected chi connectivity index (χ3v) is 5.08. The van der Waals surface area contributed by atoms with Gasteiger partial charge in [-0.1, -0.05) is 12.1 Å². The van der Waals surface area contributed by atoms with E-state index in [9.17, 15) is 4.79 Å². The van der Waals surface area contributed by atoms with Crippen LogP contribution < -0.4 is 15.4 Å². The van der Waals surface area contributed by atoms with Gasteiger partial charge in [0, 0.05) is 5.92 Å². The maximum Gasteiger partial charge on any atom is 0.224 e. The summed E-state index contributed by atoms with van der Waals surface area (Å²) >= 11 is 0. The van der Waals surface area contributed by atoms with Crippen LogP contribution in [-0.2, 0) is 4.79 Å². The van der Waals surface area contributed by atoms with Gasteiger partial charge in [0.2, 0.25) is 5.91 Å². The molecule has 3 rings (SSSR count). The zero-order valence-electron chi connectivity index (χ0n) is 12.8. The fourth-order valence-electron chi connectivity index (χ4n) is 3.49. The summed E-state index contributed by atoms with van der Waals surface area (Å²) in [4.78, 5) is 12.4. The molecular weight excluding hydrogens is 264 g/mol. The van der Waals surface area contributed by atoms with Crippen molar-refractivity contribution in [2.45, 2.75) is 32.2 Å². The molecule has 4 heteroatoms. The van der Waals surface area contributed by atoms with Crippen LogP contribution in [-0.4, -0.2) is 26.1 Å². The Balaban J connectivity index is 1.57. The van der Waals surface area contributed by atoms with Crippen molar-refractivity contribution in [3.8, 4) is 5.75 Å². The molecular formula is C17H24N2O2. The van der Waals surface area contributed by atoms with Gasteiger partial charge >= 0.3 is 0 Å². The summed E-state index contributed by atoms with van der Waals surface area (Å²) in [5.74, 6) is 1.29. The summed E-state index contributed by atoms with van der Waals surface area (Å²) < 4.78 is 5.16. The molecule has 2 aliphatic rings. The van der Waals surface area contributed by atoms with Gasteiger partial charge in [-0.2, -0.15) is 0 Å². The highest BCUT2D eigenvalue weighted by atomic mass is 16.5. The Morgan fingerprint density at radius 1 is 1.33 bits per heavy atom. The maximum absolute atomic E-state index is 12.4. The van der Waals surface area contributed by atoms with Crippen LogP contribution >= 0.6 is 0 Å². The van der Waals surface area contributed by atoms with Crippen LogP contribution in [0.15, 0.2) is 24.3 Å². The number of rotatable bonds is 4. The molecule has 114 valence electrons. The highest BCUT2D eigenvalue weighted by Crippen LogP contribution is 2.58. The molecule has 1 heterocycles. The van der Waals surface area contributed by atoms with Crippen LogP contribution in [0.3, 0.4) is 0 Å². The van der Waals surface area contributed by atoms with E-state index in [1.165, 1.54) is 0 Å². The predicted molar refractivity (Wildman–Crippen MR) is 82.2 cm³/mol. The lowest BCUT2D eigenvalue weighted by Gasteiger charge is -2.23. The zero-order valence-corrected chi connectivity index (χ0v) is 12.8. The van der Waals surface area contributed by atoms with E-state index in [0.29, 0.717) is 5.41 Å². The molecule has 1 saturated heterocycles. The van der Waals surface area contributed by atoms with Crippen LogP contribution in [0.1, 0.15) is 37.8 Å². The number of benzene rings is 1. The summed E-state index contributed by atoms with van der Waals surface area (Å²) in [6.45, 7) is 4.15.